The highest BCUT2D eigenvalue weighted by atomic mass is 32.1. The summed E-state index contributed by atoms with van der Waals surface area (Å²) in [5.74, 6) is 0. The van der Waals surface area contributed by atoms with Gasteiger partial charge in [0.2, 0.25) is 0 Å². The summed E-state index contributed by atoms with van der Waals surface area (Å²) in [5.41, 5.74) is 0.648. The fourth-order valence-corrected chi connectivity index (χ4v) is 2.84. The van der Waals surface area contributed by atoms with Crippen molar-refractivity contribution in [1.82, 2.24) is 0 Å². The third kappa shape index (κ3) is 2.12. The van der Waals surface area contributed by atoms with Crippen molar-refractivity contribution in [2.45, 2.75) is 45.6 Å². The SMILES string of the molecule is CCCC(O)(CC)c1sccc1C. The summed E-state index contributed by atoms with van der Waals surface area (Å²) in [6.07, 6.45) is 2.70. The van der Waals surface area contributed by atoms with Gasteiger partial charge in [-0.25, -0.2) is 0 Å². The van der Waals surface area contributed by atoms with E-state index in [0.717, 1.165) is 24.1 Å². The first-order chi connectivity index (χ1) is 6.14. The second kappa shape index (κ2) is 4.25. The van der Waals surface area contributed by atoms with E-state index in [-0.39, 0.29) is 0 Å². The summed E-state index contributed by atoms with van der Waals surface area (Å²) in [5, 5.41) is 12.4. The monoisotopic (exact) mass is 198 g/mol. The van der Waals surface area contributed by atoms with Gasteiger partial charge in [0.25, 0.3) is 0 Å². The quantitative estimate of drug-likeness (QED) is 0.785. The van der Waals surface area contributed by atoms with Gasteiger partial charge in [0, 0.05) is 4.88 Å². The fraction of sp³-hybridized carbons (Fsp3) is 0.636. The first kappa shape index (κ1) is 10.7. The van der Waals surface area contributed by atoms with Crippen LogP contribution in [0.15, 0.2) is 11.4 Å². The molecule has 0 saturated carbocycles. The molecule has 74 valence electrons. The van der Waals surface area contributed by atoms with Gasteiger partial charge >= 0.3 is 0 Å². The van der Waals surface area contributed by atoms with Crippen molar-refractivity contribution in [3.8, 4) is 0 Å². The average Bonchev–Trinajstić information content (AvgIpc) is 2.52. The van der Waals surface area contributed by atoms with Crippen molar-refractivity contribution in [1.29, 1.82) is 0 Å². The molecule has 0 spiro atoms. The Labute approximate surface area is 84.4 Å². The van der Waals surface area contributed by atoms with Gasteiger partial charge in [-0.15, -0.1) is 11.3 Å². The first-order valence-electron chi connectivity index (χ1n) is 4.91. The third-order valence-electron chi connectivity index (χ3n) is 2.53. The topological polar surface area (TPSA) is 20.2 Å². The normalized spacial score (nSPS) is 15.7. The minimum absolute atomic E-state index is 0.576. The summed E-state index contributed by atoms with van der Waals surface area (Å²) in [4.78, 5) is 1.15. The van der Waals surface area contributed by atoms with Crippen LogP contribution in [-0.2, 0) is 5.60 Å². The van der Waals surface area contributed by atoms with Crippen LogP contribution >= 0.6 is 11.3 Å². The number of rotatable bonds is 4. The lowest BCUT2D eigenvalue weighted by Gasteiger charge is -2.26. The Balaban J connectivity index is 2.95. The largest absolute Gasteiger partial charge is 0.384 e. The number of hydrogen-bond acceptors (Lipinski definition) is 2. The first-order valence-corrected chi connectivity index (χ1v) is 5.79. The highest BCUT2D eigenvalue weighted by Crippen LogP contribution is 2.35. The Bertz CT molecular complexity index is 267. The van der Waals surface area contributed by atoms with E-state index in [9.17, 15) is 5.11 Å². The molecule has 0 aliphatic heterocycles. The van der Waals surface area contributed by atoms with Crippen LogP contribution in [0, 0.1) is 6.92 Å². The molecule has 1 heterocycles. The van der Waals surface area contributed by atoms with Crippen molar-refractivity contribution < 1.29 is 5.11 Å². The molecule has 0 amide bonds. The van der Waals surface area contributed by atoms with E-state index in [2.05, 4.69) is 32.2 Å². The van der Waals surface area contributed by atoms with Gasteiger partial charge < -0.3 is 5.11 Å². The number of aliphatic hydroxyl groups is 1. The average molecular weight is 198 g/mol. The predicted molar refractivity (Wildman–Crippen MR) is 58.2 cm³/mol. The summed E-state index contributed by atoms with van der Waals surface area (Å²) >= 11 is 1.67. The van der Waals surface area contributed by atoms with Crippen LogP contribution in [0.5, 0.6) is 0 Å². The molecule has 1 N–H and O–H groups in total. The Morgan fingerprint density at radius 2 is 2.15 bits per heavy atom. The Morgan fingerprint density at radius 3 is 2.54 bits per heavy atom. The van der Waals surface area contributed by atoms with Crippen LogP contribution in [0.2, 0.25) is 0 Å². The third-order valence-corrected chi connectivity index (χ3v) is 3.74. The number of aryl methyl sites for hydroxylation is 1. The lowest BCUT2D eigenvalue weighted by molar-refractivity contribution is 0.0257. The van der Waals surface area contributed by atoms with Gasteiger partial charge in [0.1, 0.15) is 0 Å². The van der Waals surface area contributed by atoms with Crippen molar-refractivity contribution in [3.63, 3.8) is 0 Å². The van der Waals surface area contributed by atoms with Gasteiger partial charge in [0.15, 0.2) is 0 Å². The minimum atomic E-state index is -0.576. The van der Waals surface area contributed by atoms with Crippen molar-refractivity contribution in [3.05, 3.63) is 21.9 Å². The van der Waals surface area contributed by atoms with Crippen LogP contribution in [0.3, 0.4) is 0 Å². The van der Waals surface area contributed by atoms with Gasteiger partial charge in [-0.1, -0.05) is 20.3 Å². The van der Waals surface area contributed by atoms with Crippen LogP contribution in [0.25, 0.3) is 0 Å². The molecule has 1 aromatic rings. The molecule has 2 heteroatoms. The van der Waals surface area contributed by atoms with Crippen molar-refractivity contribution in [2.75, 3.05) is 0 Å². The van der Waals surface area contributed by atoms with Gasteiger partial charge in [-0.3, -0.25) is 0 Å². The Morgan fingerprint density at radius 1 is 1.46 bits per heavy atom. The summed E-state index contributed by atoms with van der Waals surface area (Å²) < 4.78 is 0. The molecule has 1 atom stereocenters. The molecule has 0 aliphatic carbocycles. The Hall–Kier alpha value is -0.340. The van der Waals surface area contributed by atoms with Gasteiger partial charge in [-0.2, -0.15) is 0 Å². The van der Waals surface area contributed by atoms with E-state index in [1.54, 1.807) is 11.3 Å². The highest BCUT2D eigenvalue weighted by Gasteiger charge is 2.28. The molecule has 0 fully saturated rings. The molecule has 1 nitrogen and oxygen atoms in total. The maximum Gasteiger partial charge on any atom is 0.0987 e. The molecule has 1 unspecified atom stereocenters. The molecular weight excluding hydrogens is 180 g/mol. The molecule has 1 rings (SSSR count). The second-order valence-corrected chi connectivity index (χ2v) is 4.48. The Kier molecular flexibility index (Phi) is 3.51. The standard InChI is InChI=1S/C11H18OS/c1-4-7-11(12,5-2)10-9(3)6-8-13-10/h6,8,12H,4-5,7H2,1-3H3. The van der Waals surface area contributed by atoms with Gasteiger partial charge in [0.05, 0.1) is 5.60 Å². The van der Waals surface area contributed by atoms with Gasteiger partial charge in [-0.05, 0) is 36.8 Å². The molecular formula is C11H18OS. The summed E-state index contributed by atoms with van der Waals surface area (Å²) in [7, 11) is 0. The van der Waals surface area contributed by atoms with Crippen LogP contribution in [-0.4, -0.2) is 5.11 Å². The molecule has 1 aromatic heterocycles. The molecule has 0 radical (unpaired) electrons. The lowest BCUT2D eigenvalue weighted by Crippen LogP contribution is -2.23. The van der Waals surface area contributed by atoms with E-state index in [0.29, 0.717) is 0 Å². The zero-order chi connectivity index (χ0) is 9.90. The van der Waals surface area contributed by atoms with E-state index in [1.165, 1.54) is 5.56 Å². The molecule has 0 aliphatic rings. The van der Waals surface area contributed by atoms with E-state index in [1.807, 2.05) is 0 Å². The molecule has 0 aromatic carbocycles. The fourth-order valence-electron chi connectivity index (χ4n) is 1.71. The summed E-state index contributed by atoms with van der Waals surface area (Å²) in [6, 6.07) is 2.08. The number of hydrogen-bond donors (Lipinski definition) is 1. The highest BCUT2D eigenvalue weighted by molar-refractivity contribution is 7.10. The van der Waals surface area contributed by atoms with E-state index >= 15 is 0 Å². The van der Waals surface area contributed by atoms with E-state index in [4.69, 9.17) is 0 Å². The van der Waals surface area contributed by atoms with E-state index < -0.39 is 5.60 Å². The minimum Gasteiger partial charge on any atom is -0.384 e. The van der Waals surface area contributed by atoms with Crippen molar-refractivity contribution >= 4 is 11.3 Å². The van der Waals surface area contributed by atoms with Crippen LogP contribution in [0.4, 0.5) is 0 Å². The smallest absolute Gasteiger partial charge is 0.0987 e. The van der Waals surface area contributed by atoms with Crippen LogP contribution in [0.1, 0.15) is 43.6 Å². The predicted octanol–water partition coefficient (Wildman–Crippen LogP) is 3.45. The molecule has 0 bridgehead atoms. The molecule has 13 heavy (non-hydrogen) atoms. The maximum atomic E-state index is 10.4. The zero-order valence-corrected chi connectivity index (χ0v) is 9.45. The number of thiophene rings is 1. The maximum absolute atomic E-state index is 10.4. The zero-order valence-electron chi connectivity index (χ0n) is 8.63. The van der Waals surface area contributed by atoms with Crippen LogP contribution < -0.4 is 0 Å². The van der Waals surface area contributed by atoms with Crippen molar-refractivity contribution in [2.24, 2.45) is 0 Å². The second-order valence-electron chi connectivity index (χ2n) is 3.57. The summed E-state index contributed by atoms with van der Waals surface area (Å²) in [6.45, 7) is 6.24. The lowest BCUT2D eigenvalue weighted by atomic mass is 9.91. The molecule has 0 saturated heterocycles.